The quantitative estimate of drug-likeness (QED) is 0.119. The lowest BCUT2D eigenvalue weighted by molar-refractivity contribution is -0.132. The molecule has 0 aliphatic carbocycles. The van der Waals surface area contributed by atoms with Crippen molar-refractivity contribution in [3.63, 3.8) is 0 Å². The van der Waals surface area contributed by atoms with Gasteiger partial charge >= 0.3 is 5.91 Å². The topological polar surface area (TPSA) is 98.2 Å². The molecule has 0 radical (unpaired) electrons. The van der Waals surface area contributed by atoms with Crippen molar-refractivity contribution in [2.45, 2.75) is 32.1 Å². The molecule has 5 aromatic rings. The number of ketones is 1. The van der Waals surface area contributed by atoms with E-state index in [9.17, 15) is 19.1 Å². The number of nitrogens with zero attached hydrogens (tertiary/aromatic N) is 2. The highest BCUT2D eigenvalue weighted by Gasteiger charge is 2.48. The number of thiazole rings is 1. The molecular formula is C35H27FN2O6S. The summed E-state index contributed by atoms with van der Waals surface area (Å²) >= 11 is 1.08. The number of halogens is 1. The van der Waals surface area contributed by atoms with Gasteiger partial charge in [-0.1, -0.05) is 47.7 Å². The number of carbonyl (C=O) groups is 2. The zero-order chi connectivity index (χ0) is 31.2. The molecule has 4 aromatic carbocycles. The molecule has 226 valence electrons. The number of aliphatic hydroxyl groups excluding tert-OH is 1. The first-order valence-electron chi connectivity index (χ1n) is 14.3. The maximum atomic E-state index is 14.0. The fourth-order valence-electron chi connectivity index (χ4n) is 5.77. The van der Waals surface area contributed by atoms with E-state index >= 15 is 0 Å². The fraction of sp³-hybridized carbons (Fsp3) is 0.171. The Hall–Kier alpha value is -5.22. The minimum Gasteiger partial charge on any atom is -0.507 e. The van der Waals surface area contributed by atoms with Crippen LogP contribution < -0.4 is 19.1 Å². The summed E-state index contributed by atoms with van der Waals surface area (Å²) < 4.78 is 32.1. The van der Waals surface area contributed by atoms with Crippen LogP contribution in [0.3, 0.4) is 0 Å². The minimum absolute atomic E-state index is 0.0121. The van der Waals surface area contributed by atoms with Crippen molar-refractivity contribution < 1.29 is 33.3 Å². The van der Waals surface area contributed by atoms with E-state index in [0.29, 0.717) is 51.6 Å². The van der Waals surface area contributed by atoms with Gasteiger partial charge in [0.05, 0.1) is 28.9 Å². The summed E-state index contributed by atoms with van der Waals surface area (Å²) in [6.45, 7) is 2.26. The molecule has 2 unspecified atom stereocenters. The number of rotatable bonds is 7. The maximum absolute atomic E-state index is 14.0. The highest BCUT2D eigenvalue weighted by atomic mass is 32.1. The summed E-state index contributed by atoms with van der Waals surface area (Å²) in [5.74, 6) is -0.928. The number of Topliss-reactive ketones (excluding diaryl/α,β-unsaturated/α-hetero) is 1. The lowest BCUT2D eigenvalue weighted by Crippen LogP contribution is -2.29. The summed E-state index contributed by atoms with van der Waals surface area (Å²) in [5, 5.41) is 11.9. The Kier molecular flexibility index (Phi) is 7.21. The lowest BCUT2D eigenvalue weighted by Gasteiger charge is -2.24. The van der Waals surface area contributed by atoms with Crippen molar-refractivity contribution in [2.75, 3.05) is 12.0 Å². The van der Waals surface area contributed by atoms with Gasteiger partial charge in [-0.05, 0) is 72.1 Å². The summed E-state index contributed by atoms with van der Waals surface area (Å²) in [7, 11) is 1.50. The largest absolute Gasteiger partial charge is 0.507 e. The number of aromatic nitrogens is 1. The molecule has 0 saturated carbocycles. The Morgan fingerprint density at radius 2 is 1.87 bits per heavy atom. The van der Waals surface area contributed by atoms with Gasteiger partial charge in [-0.15, -0.1) is 0 Å². The zero-order valence-electron chi connectivity index (χ0n) is 24.3. The van der Waals surface area contributed by atoms with Gasteiger partial charge in [-0.2, -0.15) is 0 Å². The van der Waals surface area contributed by atoms with E-state index in [-0.39, 0.29) is 22.6 Å². The number of hydrogen-bond donors (Lipinski definition) is 1. The zero-order valence-corrected chi connectivity index (χ0v) is 25.1. The SMILES string of the molecule is COc1cc(C2/C(=C(\O)c3ccc4c(c3)CC(C)O4)C(=O)C(=O)N2c2nc3ccc(F)cc3s2)ccc1OCc1ccccc1. The minimum atomic E-state index is -1.06. The molecule has 1 aromatic heterocycles. The molecule has 10 heteroatoms. The molecule has 0 spiro atoms. The van der Waals surface area contributed by atoms with Gasteiger partial charge in [0.2, 0.25) is 0 Å². The highest BCUT2D eigenvalue weighted by Crippen LogP contribution is 2.46. The molecule has 2 atom stereocenters. The van der Waals surface area contributed by atoms with E-state index in [0.717, 1.165) is 22.5 Å². The summed E-state index contributed by atoms with van der Waals surface area (Å²) in [6.07, 6.45) is 0.639. The lowest BCUT2D eigenvalue weighted by atomic mass is 9.94. The van der Waals surface area contributed by atoms with Crippen LogP contribution in [0, 0.1) is 5.82 Å². The second-order valence-corrected chi connectivity index (χ2v) is 11.9. The Labute approximate surface area is 261 Å². The average Bonchev–Trinajstić information content (AvgIpc) is 3.71. The van der Waals surface area contributed by atoms with Crippen LogP contribution in [-0.2, 0) is 22.6 Å². The van der Waals surface area contributed by atoms with Crippen LogP contribution in [0.5, 0.6) is 17.2 Å². The molecule has 8 nitrogen and oxygen atoms in total. The fourth-order valence-corrected chi connectivity index (χ4v) is 6.79. The van der Waals surface area contributed by atoms with Crippen LogP contribution >= 0.6 is 11.3 Å². The predicted octanol–water partition coefficient (Wildman–Crippen LogP) is 6.97. The number of methoxy groups -OCH3 is 1. The first kappa shape index (κ1) is 28.5. The van der Waals surface area contributed by atoms with Gasteiger partial charge in [0.1, 0.15) is 30.0 Å². The molecule has 2 aliphatic heterocycles. The summed E-state index contributed by atoms with van der Waals surface area (Å²) in [5.41, 5.74) is 3.12. The van der Waals surface area contributed by atoms with Gasteiger partial charge < -0.3 is 19.3 Å². The van der Waals surface area contributed by atoms with Crippen LogP contribution in [-0.4, -0.2) is 35.0 Å². The second-order valence-electron chi connectivity index (χ2n) is 10.9. The molecular weight excluding hydrogens is 595 g/mol. The van der Waals surface area contributed by atoms with Crippen molar-refractivity contribution >= 4 is 44.1 Å². The number of amides is 1. The van der Waals surface area contributed by atoms with E-state index in [4.69, 9.17) is 14.2 Å². The molecule has 1 amide bonds. The Morgan fingerprint density at radius 3 is 2.67 bits per heavy atom. The van der Waals surface area contributed by atoms with Crippen molar-refractivity contribution in [3.05, 3.63) is 119 Å². The molecule has 45 heavy (non-hydrogen) atoms. The van der Waals surface area contributed by atoms with Gasteiger partial charge in [0.15, 0.2) is 16.6 Å². The standard InChI is InChI=1S/C35H27FN2O6S/c1-19-14-23-15-22(9-12-26(23)44-19)32(39)30-31(21-8-13-27(28(16-21)42-2)43-18-20-6-4-3-5-7-20)38(34(41)33(30)40)35-37-25-11-10-24(36)17-29(25)45-35/h3-13,15-17,19,31,39H,14,18H2,1-2H3/b32-30+. The first-order chi connectivity index (χ1) is 21.8. The second kappa shape index (κ2) is 11.4. The van der Waals surface area contributed by atoms with Gasteiger partial charge in [0.25, 0.3) is 5.78 Å². The molecule has 7 rings (SSSR count). The highest BCUT2D eigenvalue weighted by molar-refractivity contribution is 7.22. The number of aliphatic hydroxyl groups is 1. The molecule has 1 N–H and O–H groups in total. The third-order valence-electron chi connectivity index (χ3n) is 7.90. The number of benzene rings is 4. The Morgan fingerprint density at radius 1 is 1.04 bits per heavy atom. The molecule has 1 saturated heterocycles. The Balaban J connectivity index is 1.35. The first-order valence-corrected chi connectivity index (χ1v) is 15.1. The monoisotopic (exact) mass is 622 g/mol. The third-order valence-corrected chi connectivity index (χ3v) is 8.92. The van der Waals surface area contributed by atoms with Crippen molar-refractivity contribution in [1.82, 2.24) is 4.98 Å². The average molecular weight is 623 g/mol. The van der Waals surface area contributed by atoms with E-state index in [1.165, 1.54) is 30.2 Å². The van der Waals surface area contributed by atoms with Gasteiger partial charge in [0, 0.05) is 12.0 Å². The summed E-state index contributed by atoms with van der Waals surface area (Å²) in [6, 6.07) is 23.1. The number of hydrogen-bond acceptors (Lipinski definition) is 8. The van der Waals surface area contributed by atoms with Crippen LogP contribution in [0.2, 0.25) is 0 Å². The smallest absolute Gasteiger partial charge is 0.301 e. The van der Waals surface area contributed by atoms with E-state index in [1.807, 2.05) is 37.3 Å². The normalized spacial score (nSPS) is 18.7. The van der Waals surface area contributed by atoms with Crippen molar-refractivity contribution in [3.8, 4) is 17.2 Å². The van der Waals surface area contributed by atoms with E-state index < -0.39 is 23.5 Å². The van der Waals surface area contributed by atoms with Crippen LogP contribution in [0.25, 0.3) is 16.0 Å². The molecule has 1 fully saturated rings. The molecule has 2 aliphatic rings. The number of fused-ring (bicyclic) bond motifs is 2. The van der Waals surface area contributed by atoms with Crippen LogP contribution in [0.15, 0.2) is 90.5 Å². The number of anilines is 1. The number of carbonyl (C=O) groups excluding carboxylic acids is 2. The maximum Gasteiger partial charge on any atom is 0.301 e. The predicted molar refractivity (Wildman–Crippen MR) is 168 cm³/mol. The van der Waals surface area contributed by atoms with Gasteiger partial charge in [-0.25, -0.2) is 9.37 Å². The third kappa shape index (κ3) is 5.17. The van der Waals surface area contributed by atoms with E-state index in [2.05, 4.69) is 4.98 Å². The molecule has 0 bridgehead atoms. The summed E-state index contributed by atoms with van der Waals surface area (Å²) in [4.78, 5) is 33.3. The van der Waals surface area contributed by atoms with Crippen LogP contribution in [0.1, 0.15) is 35.2 Å². The molecule has 3 heterocycles. The Bertz CT molecular complexity index is 2010. The van der Waals surface area contributed by atoms with Gasteiger partial charge in [-0.3, -0.25) is 14.5 Å². The number of ether oxygens (including phenoxy) is 3. The van der Waals surface area contributed by atoms with E-state index in [1.54, 1.807) is 36.4 Å². The van der Waals surface area contributed by atoms with Crippen LogP contribution in [0.4, 0.5) is 9.52 Å². The van der Waals surface area contributed by atoms with Crippen molar-refractivity contribution in [1.29, 1.82) is 0 Å². The van der Waals surface area contributed by atoms with Crippen molar-refractivity contribution in [2.24, 2.45) is 0 Å².